The summed E-state index contributed by atoms with van der Waals surface area (Å²) in [4.78, 5) is 37.0. The third kappa shape index (κ3) is 5.60. The number of carbonyl (C=O) groups excluding carboxylic acids is 2. The van der Waals surface area contributed by atoms with Crippen LogP contribution in [0.1, 0.15) is 41.8 Å². The van der Waals surface area contributed by atoms with Crippen LogP contribution in [0.15, 0.2) is 62.6 Å². The number of ether oxygens (including phenoxy) is 1. The summed E-state index contributed by atoms with van der Waals surface area (Å²) in [6.45, 7) is 2.01. The quantitative estimate of drug-likeness (QED) is 0.516. The predicted octanol–water partition coefficient (Wildman–Crippen LogP) is 3.46. The van der Waals surface area contributed by atoms with E-state index in [1.807, 2.05) is 0 Å². The number of benzene rings is 2. The lowest BCUT2D eigenvalue weighted by Gasteiger charge is -2.21. The van der Waals surface area contributed by atoms with Crippen LogP contribution in [0.25, 0.3) is 11.0 Å². The molecule has 2 aromatic carbocycles. The Labute approximate surface area is 202 Å². The van der Waals surface area contributed by atoms with Gasteiger partial charge in [0.2, 0.25) is 15.8 Å². The van der Waals surface area contributed by atoms with Crippen LogP contribution in [0.3, 0.4) is 0 Å². The molecule has 1 saturated heterocycles. The van der Waals surface area contributed by atoms with E-state index >= 15 is 0 Å². The van der Waals surface area contributed by atoms with E-state index in [0.717, 1.165) is 31.7 Å². The first-order valence-electron chi connectivity index (χ1n) is 11.4. The van der Waals surface area contributed by atoms with Crippen LogP contribution in [0.4, 0.5) is 5.69 Å². The summed E-state index contributed by atoms with van der Waals surface area (Å²) in [7, 11) is -3.70. The summed E-state index contributed by atoms with van der Waals surface area (Å²) in [5, 5.41) is 2.88. The average Bonchev–Trinajstić information content (AvgIpc) is 3.14. The summed E-state index contributed by atoms with van der Waals surface area (Å²) in [5.41, 5.74) is 0.669. The molecule has 0 atom stereocenters. The number of rotatable bonds is 6. The molecule has 3 aromatic rings. The lowest BCUT2D eigenvalue weighted by Crippen LogP contribution is -2.32. The molecule has 0 saturated carbocycles. The lowest BCUT2D eigenvalue weighted by molar-refractivity contribution is -0.119. The van der Waals surface area contributed by atoms with Gasteiger partial charge in [-0.2, -0.15) is 4.31 Å². The van der Waals surface area contributed by atoms with Gasteiger partial charge in [0.25, 0.3) is 5.91 Å². The van der Waals surface area contributed by atoms with Gasteiger partial charge in [-0.25, -0.2) is 13.2 Å². The lowest BCUT2D eigenvalue weighted by atomic mass is 10.2. The van der Waals surface area contributed by atoms with Crippen molar-refractivity contribution in [2.24, 2.45) is 0 Å². The van der Waals surface area contributed by atoms with Gasteiger partial charge in [-0.05, 0) is 49.6 Å². The zero-order valence-corrected chi connectivity index (χ0v) is 20.1. The molecule has 1 amide bonds. The molecule has 1 fully saturated rings. The SMILES string of the molecule is Cc1ccc(NC(=O)COC(=O)c2cc(=O)c3ccccc3o2)cc1S(=O)(=O)N1CCCCCC1. The van der Waals surface area contributed by atoms with Crippen molar-refractivity contribution in [3.63, 3.8) is 0 Å². The minimum absolute atomic E-state index is 0.132. The van der Waals surface area contributed by atoms with Gasteiger partial charge in [0, 0.05) is 24.8 Å². The van der Waals surface area contributed by atoms with Crippen LogP contribution in [0, 0.1) is 6.92 Å². The number of hydrogen-bond acceptors (Lipinski definition) is 7. The number of hydrogen-bond donors (Lipinski definition) is 1. The Hall–Kier alpha value is -3.50. The Morgan fingerprint density at radius 1 is 1.03 bits per heavy atom. The molecule has 1 aliphatic rings. The van der Waals surface area contributed by atoms with Gasteiger partial charge in [0.15, 0.2) is 12.0 Å². The van der Waals surface area contributed by atoms with Crippen molar-refractivity contribution >= 4 is 38.6 Å². The number of amides is 1. The minimum Gasteiger partial charge on any atom is -0.450 e. The van der Waals surface area contributed by atoms with Crippen molar-refractivity contribution in [1.82, 2.24) is 4.31 Å². The Bertz CT molecular complexity index is 1420. The topological polar surface area (TPSA) is 123 Å². The molecular weight excluding hydrogens is 472 g/mol. The molecule has 10 heteroatoms. The van der Waals surface area contributed by atoms with E-state index in [1.165, 1.54) is 10.4 Å². The molecule has 0 aliphatic carbocycles. The third-order valence-electron chi connectivity index (χ3n) is 5.82. The van der Waals surface area contributed by atoms with Crippen LogP contribution < -0.4 is 10.7 Å². The van der Waals surface area contributed by atoms with Crippen molar-refractivity contribution in [3.05, 3.63) is 70.1 Å². The highest BCUT2D eigenvalue weighted by Gasteiger charge is 2.27. The first kappa shape index (κ1) is 24.6. The number of esters is 1. The van der Waals surface area contributed by atoms with Crippen molar-refractivity contribution in [2.75, 3.05) is 25.0 Å². The number of aryl methyl sites for hydroxylation is 1. The largest absolute Gasteiger partial charge is 0.450 e. The highest BCUT2D eigenvalue weighted by Crippen LogP contribution is 2.26. The molecule has 0 unspecified atom stereocenters. The Kier molecular flexibility index (Phi) is 7.32. The molecule has 0 bridgehead atoms. The molecule has 0 radical (unpaired) electrons. The molecule has 1 aliphatic heterocycles. The van der Waals surface area contributed by atoms with Crippen LogP contribution in [0.5, 0.6) is 0 Å². The Morgan fingerprint density at radius 2 is 1.74 bits per heavy atom. The summed E-state index contributed by atoms with van der Waals surface area (Å²) >= 11 is 0. The van der Waals surface area contributed by atoms with E-state index in [2.05, 4.69) is 5.32 Å². The highest BCUT2D eigenvalue weighted by atomic mass is 32.2. The van der Waals surface area contributed by atoms with Crippen LogP contribution in [-0.2, 0) is 19.6 Å². The summed E-state index contributed by atoms with van der Waals surface area (Å²) in [5.74, 6) is -1.94. The zero-order valence-electron chi connectivity index (χ0n) is 19.3. The van der Waals surface area contributed by atoms with Crippen molar-refractivity contribution < 1.29 is 27.2 Å². The first-order chi connectivity index (χ1) is 16.8. The van der Waals surface area contributed by atoms with E-state index in [0.29, 0.717) is 24.0 Å². The molecule has 1 aromatic heterocycles. The second-order valence-corrected chi connectivity index (χ2v) is 10.3. The van der Waals surface area contributed by atoms with Crippen LogP contribution >= 0.6 is 0 Å². The highest BCUT2D eigenvalue weighted by molar-refractivity contribution is 7.89. The molecule has 0 spiro atoms. The number of carbonyl (C=O) groups is 2. The van der Waals surface area contributed by atoms with Crippen LogP contribution in [-0.4, -0.2) is 44.3 Å². The molecule has 35 heavy (non-hydrogen) atoms. The smallest absolute Gasteiger partial charge is 0.374 e. The van der Waals surface area contributed by atoms with Gasteiger partial charge in [0.05, 0.1) is 10.3 Å². The summed E-state index contributed by atoms with van der Waals surface area (Å²) < 4.78 is 38.3. The normalized spacial score (nSPS) is 14.9. The van der Waals surface area contributed by atoms with E-state index in [-0.39, 0.29) is 21.9 Å². The number of fused-ring (bicyclic) bond motifs is 1. The van der Waals surface area contributed by atoms with E-state index in [9.17, 15) is 22.8 Å². The number of para-hydroxylation sites is 1. The van der Waals surface area contributed by atoms with Gasteiger partial charge < -0.3 is 14.5 Å². The number of nitrogens with zero attached hydrogens (tertiary/aromatic N) is 1. The fourth-order valence-corrected chi connectivity index (χ4v) is 5.75. The second-order valence-electron chi connectivity index (χ2n) is 8.39. The second kappa shape index (κ2) is 10.4. The van der Waals surface area contributed by atoms with E-state index in [1.54, 1.807) is 43.3 Å². The number of sulfonamides is 1. The fraction of sp³-hybridized carbons (Fsp3) is 0.320. The minimum atomic E-state index is -3.70. The summed E-state index contributed by atoms with van der Waals surface area (Å²) in [6, 6.07) is 12.1. The molecule has 1 N–H and O–H groups in total. The summed E-state index contributed by atoms with van der Waals surface area (Å²) in [6.07, 6.45) is 3.64. The van der Waals surface area contributed by atoms with Gasteiger partial charge in [-0.15, -0.1) is 0 Å². The van der Waals surface area contributed by atoms with Crippen molar-refractivity contribution in [2.45, 2.75) is 37.5 Å². The first-order valence-corrected chi connectivity index (χ1v) is 12.8. The zero-order chi connectivity index (χ0) is 25.0. The van der Waals surface area contributed by atoms with Crippen LogP contribution in [0.2, 0.25) is 0 Å². The molecule has 184 valence electrons. The monoisotopic (exact) mass is 498 g/mol. The van der Waals surface area contributed by atoms with Gasteiger partial charge in [-0.1, -0.05) is 31.0 Å². The Morgan fingerprint density at radius 3 is 2.49 bits per heavy atom. The van der Waals surface area contributed by atoms with Gasteiger partial charge >= 0.3 is 5.97 Å². The Balaban J connectivity index is 1.43. The predicted molar refractivity (Wildman–Crippen MR) is 130 cm³/mol. The van der Waals surface area contributed by atoms with Gasteiger partial charge in [-0.3, -0.25) is 9.59 Å². The fourth-order valence-electron chi connectivity index (χ4n) is 3.98. The number of nitrogens with one attached hydrogen (secondary N) is 1. The average molecular weight is 499 g/mol. The molecule has 2 heterocycles. The maximum atomic E-state index is 13.2. The number of anilines is 1. The standard InChI is InChI=1S/C25H26N2O7S/c1-17-10-11-18(14-23(17)35(31,32)27-12-6-2-3-7-13-27)26-24(29)16-33-25(30)22-15-20(28)19-8-4-5-9-21(19)34-22/h4-5,8-11,14-15H,2-3,6-7,12-13,16H2,1H3,(H,26,29). The van der Waals surface area contributed by atoms with Crippen molar-refractivity contribution in [3.8, 4) is 0 Å². The van der Waals surface area contributed by atoms with Crippen molar-refractivity contribution in [1.29, 1.82) is 0 Å². The third-order valence-corrected chi connectivity index (χ3v) is 7.87. The molecule has 9 nitrogen and oxygen atoms in total. The molecular formula is C25H26N2O7S. The van der Waals surface area contributed by atoms with E-state index < -0.39 is 33.9 Å². The molecule has 4 rings (SSSR count). The van der Waals surface area contributed by atoms with Gasteiger partial charge in [0.1, 0.15) is 5.58 Å². The van der Waals surface area contributed by atoms with E-state index in [4.69, 9.17) is 9.15 Å². The maximum absolute atomic E-state index is 13.2. The maximum Gasteiger partial charge on any atom is 0.374 e.